The van der Waals surface area contributed by atoms with E-state index >= 15 is 0 Å². The van der Waals surface area contributed by atoms with Gasteiger partial charge in [0.05, 0.1) is 10.5 Å². The van der Waals surface area contributed by atoms with Crippen molar-refractivity contribution >= 4 is 27.3 Å². The summed E-state index contributed by atoms with van der Waals surface area (Å²) in [5.74, 6) is 4.49. The van der Waals surface area contributed by atoms with Crippen molar-refractivity contribution in [2.45, 2.75) is 31.2 Å². The lowest BCUT2D eigenvalue weighted by Crippen LogP contribution is -2.35. The molecule has 0 spiro atoms. The van der Waals surface area contributed by atoms with Gasteiger partial charge in [0.15, 0.2) is 0 Å². The first-order valence-corrected chi connectivity index (χ1v) is 8.46. The van der Waals surface area contributed by atoms with Gasteiger partial charge in [-0.2, -0.15) is 0 Å². The van der Waals surface area contributed by atoms with Crippen LogP contribution in [0.5, 0.6) is 0 Å². The lowest BCUT2D eigenvalue weighted by atomic mass is 9.80. The average molecular weight is 373 g/mol. The molecular formula is C15H15BrF2N2S. The van der Waals surface area contributed by atoms with E-state index in [2.05, 4.69) is 21.4 Å². The fourth-order valence-electron chi connectivity index (χ4n) is 3.10. The van der Waals surface area contributed by atoms with Crippen molar-refractivity contribution in [3.63, 3.8) is 0 Å². The van der Waals surface area contributed by atoms with Gasteiger partial charge in [0.1, 0.15) is 11.6 Å². The number of hydrogen-bond acceptors (Lipinski definition) is 3. The molecule has 1 aromatic carbocycles. The van der Waals surface area contributed by atoms with Crippen LogP contribution < -0.4 is 11.3 Å². The highest BCUT2D eigenvalue weighted by atomic mass is 79.9. The Morgan fingerprint density at radius 3 is 2.90 bits per heavy atom. The van der Waals surface area contributed by atoms with Gasteiger partial charge in [-0.3, -0.25) is 11.3 Å². The van der Waals surface area contributed by atoms with E-state index in [0.717, 1.165) is 24.8 Å². The summed E-state index contributed by atoms with van der Waals surface area (Å²) >= 11 is 4.82. The molecule has 0 radical (unpaired) electrons. The van der Waals surface area contributed by atoms with Crippen LogP contribution >= 0.6 is 27.3 Å². The summed E-state index contributed by atoms with van der Waals surface area (Å²) in [5, 5.41) is 2.03. The van der Waals surface area contributed by atoms with Crippen LogP contribution in [0.2, 0.25) is 0 Å². The van der Waals surface area contributed by atoms with Gasteiger partial charge in [-0.1, -0.05) is 0 Å². The first-order valence-electron chi connectivity index (χ1n) is 6.79. The van der Waals surface area contributed by atoms with Crippen LogP contribution in [0.15, 0.2) is 28.1 Å². The highest BCUT2D eigenvalue weighted by molar-refractivity contribution is 9.10. The third-order valence-corrected chi connectivity index (χ3v) is 5.68. The van der Waals surface area contributed by atoms with E-state index in [4.69, 9.17) is 5.84 Å². The van der Waals surface area contributed by atoms with Gasteiger partial charge < -0.3 is 0 Å². The van der Waals surface area contributed by atoms with Crippen LogP contribution in [0.4, 0.5) is 8.78 Å². The zero-order valence-corrected chi connectivity index (χ0v) is 13.6. The number of rotatable bonds is 3. The molecule has 21 heavy (non-hydrogen) atoms. The average Bonchev–Trinajstić information content (AvgIpc) is 2.96. The molecule has 0 amide bonds. The lowest BCUT2D eigenvalue weighted by Gasteiger charge is -2.31. The van der Waals surface area contributed by atoms with Crippen molar-refractivity contribution in [1.29, 1.82) is 0 Å². The van der Waals surface area contributed by atoms with Gasteiger partial charge in [0.25, 0.3) is 0 Å². The smallest absolute Gasteiger partial charge is 0.145 e. The molecule has 3 N–H and O–H groups in total. The van der Waals surface area contributed by atoms with Gasteiger partial charge >= 0.3 is 0 Å². The quantitative estimate of drug-likeness (QED) is 0.475. The summed E-state index contributed by atoms with van der Waals surface area (Å²) < 4.78 is 28.8. The topological polar surface area (TPSA) is 38.0 Å². The Morgan fingerprint density at radius 1 is 1.33 bits per heavy atom. The molecule has 2 nitrogen and oxygen atoms in total. The number of hydrazine groups is 1. The molecule has 0 saturated heterocycles. The van der Waals surface area contributed by atoms with Crippen molar-refractivity contribution in [2.24, 2.45) is 5.84 Å². The summed E-state index contributed by atoms with van der Waals surface area (Å²) in [7, 11) is 0. The third kappa shape index (κ3) is 2.65. The predicted octanol–water partition coefficient (Wildman–Crippen LogP) is 4.41. The monoisotopic (exact) mass is 372 g/mol. The van der Waals surface area contributed by atoms with Crippen molar-refractivity contribution in [3.8, 4) is 0 Å². The Hall–Kier alpha value is -0.820. The highest BCUT2D eigenvalue weighted by Crippen LogP contribution is 2.43. The largest absolute Gasteiger partial charge is 0.271 e. The minimum Gasteiger partial charge on any atom is -0.271 e. The minimum absolute atomic E-state index is 0.0101. The van der Waals surface area contributed by atoms with Crippen molar-refractivity contribution < 1.29 is 8.78 Å². The SMILES string of the molecule is NNC(c1c(F)ccc(Br)c1F)C1CCCc2sccc21. The van der Waals surface area contributed by atoms with Crippen molar-refractivity contribution in [2.75, 3.05) is 0 Å². The molecule has 112 valence electrons. The molecule has 0 fully saturated rings. The van der Waals surface area contributed by atoms with E-state index in [0.29, 0.717) is 0 Å². The highest BCUT2D eigenvalue weighted by Gasteiger charge is 2.33. The fraction of sp³-hybridized carbons (Fsp3) is 0.333. The number of aryl methyl sites for hydroxylation is 1. The molecule has 2 unspecified atom stereocenters. The maximum Gasteiger partial charge on any atom is 0.145 e. The summed E-state index contributed by atoms with van der Waals surface area (Å²) in [6.07, 6.45) is 2.90. The second-order valence-corrected chi connectivity index (χ2v) is 7.05. The number of nitrogens with one attached hydrogen (secondary N) is 1. The Kier molecular flexibility index (Phi) is 4.40. The molecule has 2 aromatic rings. The molecule has 1 heterocycles. The van der Waals surface area contributed by atoms with Crippen LogP contribution in [0.25, 0.3) is 0 Å². The zero-order chi connectivity index (χ0) is 15.0. The molecule has 2 atom stereocenters. The number of fused-ring (bicyclic) bond motifs is 1. The van der Waals surface area contributed by atoms with Crippen LogP contribution in [0.3, 0.4) is 0 Å². The molecule has 0 aliphatic heterocycles. The van der Waals surface area contributed by atoms with Crippen molar-refractivity contribution in [3.05, 3.63) is 55.7 Å². The van der Waals surface area contributed by atoms with E-state index in [-0.39, 0.29) is 16.0 Å². The van der Waals surface area contributed by atoms with E-state index < -0.39 is 17.7 Å². The summed E-state index contributed by atoms with van der Waals surface area (Å²) in [4.78, 5) is 1.29. The number of thiophene rings is 1. The molecule has 1 aromatic heterocycles. The Morgan fingerprint density at radius 2 is 2.14 bits per heavy atom. The lowest BCUT2D eigenvalue weighted by molar-refractivity contribution is 0.382. The Balaban J connectivity index is 2.07. The summed E-state index contributed by atoms with van der Waals surface area (Å²) in [5.41, 5.74) is 3.80. The number of hydrogen-bond donors (Lipinski definition) is 2. The minimum atomic E-state index is -0.583. The Bertz CT molecular complexity index is 659. The van der Waals surface area contributed by atoms with Gasteiger partial charge in [-0.05, 0) is 64.3 Å². The maximum absolute atomic E-state index is 14.4. The second-order valence-electron chi connectivity index (χ2n) is 5.20. The molecule has 6 heteroatoms. The first-order chi connectivity index (χ1) is 10.1. The Labute approximate surface area is 134 Å². The van der Waals surface area contributed by atoms with E-state index in [1.807, 2.05) is 11.4 Å². The normalized spacial score (nSPS) is 19.3. The van der Waals surface area contributed by atoms with Crippen LogP contribution in [0.1, 0.15) is 40.8 Å². The predicted molar refractivity (Wildman–Crippen MR) is 84.1 cm³/mol. The molecule has 1 aliphatic rings. The molecule has 3 rings (SSSR count). The molecule has 0 bridgehead atoms. The first kappa shape index (κ1) is 15.1. The number of benzene rings is 1. The van der Waals surface area contributed by atoms with Gasteiger partial charge in [-0.25, -0.2) is 8.78 Å². The maximum atomic E-state index is 14.4. The zero-order valence-electron chi connectivity index (χ0n) is 11.2. The summed E-state index contributed by atoms with van der Waals surface area (Å²) in [6.45, 7) is 0. The third-order valence-electron chi connectivity index (χ3n) is 4.07. The fourth-order valence-corrected chi connectivity index (χ4v) is 4.44. The number of nitrogens with two attached hydrogens (primary N) is 1. The second kappa shape index (κ2) is 6.12. The van der Waals surface area contributed by atoms with E-state index in [1.165, 1.54) is 17.0 Å². The van der Waals surface area contributed by atoms with Gasteiger partial charge in [0.2, 0.25) is 0 Å². The summed E-state index contributed by atoms with van der Waals surface area (Å²) in [6, 6.07) is 4.11. The molecule has 1 aliphatic carbocycles. The van der Waals surface area contributed by atoms with Gasteiger partial charge in [0, 0.05) is 16.4 Å². The van der Waals surface area contributed by atoms with Crippen LogP contribution in [0, 0.1) is 11.6 Å². The van der Waals surface area contributed by atoms with Gasteiger partial charge in [-0.15, -0.1) is 11.3 Å². The van der Waals surface area contributed by atoms with Crippen LogP contribution in [-0.2, 0) is 6.42 Å². The van der Waals surface area contributed by atoms with E-state index in [1.54, 1.807) is 11.3 Å². The molecule has 0 saturated carbocycles. The number of halogens is 3. The molecular weight excluding hydrogens is 358 g/mol. The van der Waals surface area contributed by atoms with Crippen molar-refractivity contribution in [1.82, 2.24) is 5.43 Å². The van der Waals surface area contributed by atoms with Crippen LogP contribution in [-0.4, -0.2) is 0 Å². The standard InChI is InChI=1S/C15H15BrF2N2S/c16-10-4-5-11(17)13(14(10)18)15(20-19)9-2-1-3-12-8(9)6-7-21-12/h4-7,9,15,20H,1-3,19H2. The van der Waals surface area contributed by atoms with E-state index in [9.17, 15) is 8.78 Å².